The molecule has 0 aliphatic rings. The Labute approximate surface area is 194 Å². The zero-order chi connectivity index (χ0) is 22.5. The van der Waals surface area contributed by atoms with Gasteiger partial charge in [-0.25, -0.2) is 10.4 Å². The molecule has 7 heteroatoms. The van der Waals surface area contributed by atoms with Crippen LogP contribution in [0.15, 0.2) is 82.4 Å². The second-order valence-corrected chi connectivity index (χ2v) is 7.72. The number of pyridine rings is 1. The third-order valence-corrected chi connectivity index (χ3v) is 5.52. The van der Waals surface area contributed by atoms with Crippen molar-refractivity contribution in [1.29, 1.82) is 0 Å². The Hall–Kier alpha value is -3.71. The maximum absolute atomic E-state index is 13.0. The first-order valence-corrected chi connectivity index (χ1v) is 10.6. The molecular weight excluding hydrogens is 470 g/mol. The number of benzene rings is 3. The molecule has 6 nitrogen and oxygen atoms in total. The van der Waals surface area contributed by atoms with Gasteiger partial charge in [-0.1, -0.05) is 48.5 Å². The van der Waals surface area contributed by atoms with Crippen molar-refractivity contribution in [3.8, 4) is 22.8 Å². The first-order chi connectivity index (χ1) is 15.6. The first-order valence-electron chi connectivity index (χ1n) is 9.81. The zero-order valence-corrected chi connectivity index (χ0v) is 19.1. The molecule has 160 valence electrons. The Morgan fingerprint density at radius 2 is 1.69 bits per heavy atom. The lowest BCUT2D eigenvalue weighted by molar-refractivity contribution is 0.0956. The average molecular weight is 490 g/mol. The van der Waals surface area contributed by atoms with Gasteiger partial charge in [-0.2, -0.15) is 5.10 Å². The molecule has 0 saturated heterocycles. The number of hydrogen-bond acceptors (Lipinski definition) is 5. The minimum atomic E-state index is -0.330. The van der Waals surface area contributed by atoms with Crippen molar-refractivity contribution in [2.75, 3.05) is 14.2 Å². The number of amides is 1. The number of hydrazone groups is 1. The first kappa shape index (κ1) is 21.5. The number of carbonyl (C=O) groups is 1. The minimum Gasteiger partial charge on any atom is -0.496 e. The van der Waals surface area contributed by atoms with Crippen molar-refractivity contribution >= 4 is 39.0 Å². The summed E-state index contributed by atoms with van der Waals surface area (Å²) in [6.45, 7) is 0. The van der Waals surface area contributed by atoms with Gasteiger partial charge in [0.05, 0.1) is 41.7 Å². The predicted octanol–water partition coefficient (Wildman–Crippen LogP) is 5.45. The molecule has 0 radical (unpaired) electrons. The van der Waals surface area contributed by atoms with Crippen LogP contribution in [-0.4, -0.2) is 31.3 Å². The largest absolute Gasteiger partial charge is 0.496 e. The third kappa shape index (κ3) is 4.48. The molecule has 0 unspecified atom stereocenters. The Kier molecular flexibility index (Phi) is 6.47. The van der Waals surface area contributed by atoms with Gasteiger partial charge in [0.1, 0.15) is 11.5 Å². The minimum absolute atomic E-state index is 0.330. The highest BCUT2D eigenvalue weighted by molar-refractivity contribution is 9.10. The molecule has 1 heterocycles. The molecule has 1 N–H and O–H groups in total. The van der Waals surface area contributed by atoms with E-state index in [0.717, 1.165) is 26.6 Å². The highest BCUT2D eigenvalue weighted by Gasteiger charge is 2.14. The van der Waals surface area contributed by atoms with Crippen LogP contribution in [0.5, 0.6) is 11.5 Å². The number of ether oxygens (including phenoxy) is 2. The van der Waals surface area contributed by atoms with Crippen LogP contribution in [0, 0.1) is 0 Å². The van der Waals surface area contributed by atoms with Crippen molar-refractivity contribution in [3.05, 3.63) is 88.4 Å². The molecule has 0 saturated carbocycles. The molecule has 4 rings (SSSR count). The van der Waals surface area contributed by atoms with E-state index in [-0.39, 0.29) is 5.91 Å². The smallest absolute Gasteiger partial charge is 0.272 e. The van der Waals surface area contributed by atoms with Gasteiger partial charge >= 0.3 is 0 Å². The molecule has 0 aliphatic heterocycles. The fourth-order valence-electron chi connectivity index (χ4n) is 3.32. The second-order valence-electron chi connectivity index (χ2n) is 6.87. The van der Waals surface area contributed by atoms with Gasteiger partial charge in [0, 0.05) is 22.6 Å². The van der Waals surface area contributed by atoms with E-state index in [0.29, 0.717) is 22.6 Å². The van der Waals surface area contributed by atoms with Crippen molar-refractivity contribution in [2.24, 2.45) is 5.10 Å². The van der Waals surface area contributed by atoms with Crippen LogP contribution >= 0.6 is 15.9 Å². The van der Waals surface area contributed by atoms with Crippen molar-refractivity contribution in [2.45, 2.75) is 0 Å². The van der Waals surface area contributed by atoms with E-state index in [9.17, 15) is 4.79 Å². The molecule has 0 atom stereocenters. The Morgan fingerprint density at radius 1 is 0.969 bits per heavy atom. The number of halogens is 1. The van der Waals surface area contributed by atoms with Crippen LogP contribution in [-0.2, 0) is 0 Å². The lowest BCUT2D eigenvalue weighted by atomic mass is 10.0. The van der Waals surface area contributed by atoms with Crippen molar-refractivity contribution in [1.82, 2.24) is 10.4 Å². The Morgan fingerprint density at radius 3 is 2.44 bits per heavy atom. The highest BCUT2D eigenvalue weighted by Crippen LogP contribution is 2.32. The van der Waals surface area contributed by atoms with E-state index >= 15 is 0 Å². The lowest BCUT2D eigenvalue weighted by Gasteiger charge is -2.10. The Balaban J connectivity index is 1.65. The molecule has 3 aromatic carbocycles. The number of hydrogen-bond donors (Lipinski definition) is 1. The molecule has 1 aromatic heterocycles. The van der Waals surface area contributed by atoms with E-state index in [4.69, 9.17) is 14.5 Å². The topological polar surface area (TPSA) is 72.8 Å². The summed E-state index contributed by atoms with van der Waals surface area (Å²) in [6, 6.07) is 22.6. The molecule has 0 aliphatic carbocycles. The van der Waals surface area contributed by atoms with Gasteiger partial charge in [0.25, 0.3) is 5.91 Å². The van der Waals surface area contributed by atoms with E-state index in [2.05, 4.69) is 26.5 Å². The monoisotopic (exact) mass is 489 g/mol. The van der Waals surface area contributed by atoms with Gasteiger partial charge < -0.3 is 9.47 Å². The average Bonchev–Trinajstić information content (AvgIpc) is 2.84. The van der Waals surface area contributed by atoms with Gasteiger partial charge in [-0.3, -0.25) is 4.79 Å². The number of methoxy groups -OCH3 is 2. The quantitative estimate of drug-likeness (QED) is 0.289. The second kappa shape index (κ2) is 9.62. The van der Waals surface area contributed by atoms with Gasteiger partial charge in [0.15, 0.2) is 0 Å². The van der Waals surface area contributed by atoms with Crippen molar-refractivity contribution < 1.29 is 14.3 Å². The van der Waals surface area contributed by atoms with Crippen LogP contribution in [0.25, 0.3) is 22.2 Å². The van der Waals surface area contributed by atoms with Crippen LogP contribution < -0.4 is 14.9 Å². The van der Waals surface area contributed by atoms with Gasteiger partial charge in [-0.15, -0.1) is 0 Å². The van der Waals surface area contributed by atoms with E-state index in [1.165, 1.54) is 6.21 Å². The van der Waals surface area contributed by atoms with E-state index in [1.54, 1.807) is 26.4 Å². The number of carbonyl (C=O) groups excluding carboxylic acids is 1. The number of fused-ring (bicyclic) bond motifs is 1. The molecule has 0 spiro atoms. The number of aromatic nitrogens is 1. The molecule has 32 heavy (non-hydrogen) atoms. The number of nitrogens with one attached hydrogen (secondary N) is 1. The predicted molar refractivity (Wildman–Crippen MR) is 129 cm³/mol. The molecule has 4 aromatic rings. The SMILES string of the molecule is COc1cc(OC)c(/C=N\NC(=O)c2cc(-c3ccccc3)nc3ccccc23)cc1Br. The Bertz CT molecular complexity index is 1310. The summed E-state index contributed by atoms with van der Waals surface area (Å²) in [5.74, 6) is 0.882. The maximum Gasteiger partial charge on any atom is 0.272 e. The van der Waals surface area contributed by atoms with Crippen LogP contribution in [0.3, 0.4) is 0 Å². The molecular formula is C25H20BrN3O3. The van der Waals surface area contributed by atoms with Crippen molar-refractivity contribution in [3.63, 3.8) is 0 Å². The van der Waals surface area contributed by atoms with Crippen LogP contribution in [0.4, 0.5) is 0 Å². The fraction of sp³-hybridized carbons (Fsp3) is 0.0800. The summed E-state index contributed by atoms with van der Waals surface area (Å²) in [5, 5.41) is 4.90. The number of rotatable bonds is 6. The normalized spacial score (nSPS) is 11.0. The van der Waals surface area contributed by atoms with E-state index in [1.807, 2.05) is 60.7 Å². The van der Waals surface area contributed by atoms with Gasteiger partial charge in [-0.05, 0) is 34.1 Å². The lowest BCUT2D eigenvalue weighted by Crippen LogP contribution is -2.18. The molecule has 0 bridgehead atoms. The highest BCUT2D eigenvalue weighted by atomic mass is 79.9. The summed E-state index contributed by atoms with van der Waals surface area (Å²) in [6.07, 6.45) is 1.53. The fourth-order valence-corrected chi connectivity index (χ4v) is 3.85. The summed E-state index contributed by atoms with van der Waals surface area (Å²) in [7, 11) is 3.14. The number of para-hydroxylation sites is 1. The van der Waals surface area contributed by atoms with Crippen LogP contribution in [0.2, 0.25) is 0 Å². The summed E-state index contributed by atoms with van der Waals surface area (Å²) in [5.41, 5.74) is 6.19. The molecule has 0 fully saturated rings. The zero-order valence-electron chi connectivity index (χ0n) is 17.5. The summed E-state index contributed by atoms with van der Waals surface area (Å²) in [4.78, 5) is 17.8. The standard InChI is InChI=1S/C25H20BrN3O3/c1-31-23-14-24(32-2)20(26)12-17(23)15-27-29-25(30)19-13-22(16-8-4-3-5-9-16)28-21-11-7-6-10-18(19)21/h3-15H,1-2H3,(H,29,30)/b27-15-. The van der Waals surface area contributed by atoms with Gasteiger partial charge in [0.2, 0.25) is 0 Å². The summed E-state index contributed by atoms with van der Waals surface area (Å²) >= 11 is 3.45. The number of nitrogens with zero attached hydrogens (tertiary/aromatic N) is 2. The third-order valence-electron chi connectivity index (χ3n) is 4.90. The molecule has 1 amide bonds. The maximum atomic E-state index is 13.0. The van der Waals surface area contributed by atoms with E-state index < -0.39 is 0 Å². The van der Waals surface area contributed by atoms with Crippen LogP contribution in [0.1, 0.15) is 15.9 Å². The summed E-state index contributed by atoms with van der Waals surface area (Å²) < 4.78 is 11.4.